The van der Waals surface area contributed by atoms with E-state index in [1.54, 1.807) is 0 Å². The minimum Gasteiger partial charge on any atom is -0.493 e. The van der Waals surface area contributed by atoms with Gasteiger partial charge in [0.2, 0.25) is 0 Å². The molecule has 13 heteroatoms. The van der Waals surface area contributed by atoms with Crippen LogP contribution in [-0.2, 0) is 34.3 Å². The molecule has 35 heavy (non-hydrogen) atoms. The molecule has 0 aliphatic rings. The van der Waals surface area contributed by atoms with Gasteiger partial charge in [-0.15, -0.1) is 0 Å². The van der Waals surface area contributed by atoms with Gasteiger partial charge in [-0.3, -0.25) is 4.52 Å². The number of aliphatic hydroxyl groups is 1. The Morgan fingerprint density at radius 2 is 1.71 bits per heavy atom. The first-order valence-electron chi connectivity index (χ1n) is 10.3. The maximum absolute atomic E-state index is 13.6. The van der Waals surface area contributed by atoms with Gasteiger partial charge in [-0.2, -0.15) is 26.3 Å². The second-order valence-electron chi connectivity index (χ2n) is 7.95. The number of benzene rings is 2. The lowest BCUT2D eigenvalue weighted by atomic mass is 9.93. The van der Waals surface area contributed by atoms with E-state index in [-0.39, 0.29) is 43.9 Å². The third-order valence-electron chi connectivity index (χ3n) is 5.21. The van der Waals surface area contributed by atoms with E-state index in [0.717, 1.165) is 18.2 Å². The molecule has 0 heterocycles. The van der Waals surface area contributed by atoms with Crippen LogP contribution in [0.1, 0.15) is 35.1 Å². The van der Waals surface area contributed by atoms with Crippen LogP contribution < -0.4 is 10.5 Å². The number of nitrogens with two attached hydrogens (primary N) is 1. The van der Waals surface area contributed by atoms with E-state index in [4.69, 9.17) is 22.1 Å². The average Bonchev–Trinajstić information content (AvgIpc) is 2.79. The predicted molar refractivity (Wildman–Crippen MR) is 118 cm³/mol. The van der Waals surface area contributed by atoms with E-state index in [1.807, 2.05) is 0 Å². The summed E-state index contributed by atoms with van der Waals surface area (Å²) >= 11 is 5.90. The van der Waals surface area contributed by atoms with Crippen molar-refractivity contribution in [2.24, 2.45) is 5.73 Å². The van der Waals surface area contributed by atoms with Gasteiger partial charge in [0.25, 0.3) is 0 Å². The molecule has 2 aromatic rings. The second-order valence-corrected chi connectivity index (χ2v) is 8.77. The first-order valence-corrected chi connectivity index (χ1v) is 11.4. The third kappa shape index (κ3) is 8.91. The Morgan fingerprint density at radius 3 is 2.29 bits per heavy atom. The van der Waals surface area contributed by atoms with Crippen molar-refractivity contribution in [3.8, 4) is 5.75 Å². The summed E-state index contributed by atoms with van der Waals surface area (Å²) in [4.78, 5) is 0. The van der Waals surface area contributed by atoms with Gasteiger partial charge in [0.05, 0.1) is 36.5 Å². The molecule has 194 valence electrons. The van der Waals surface area contributed by atoms with Crippen molar-refractivity contribution in [1.29, 1.82) is 0 Å². The highest BCUT2D eigenvalue weighted by Crippen LogP contribution is 2.37. The Kier molecular flexibility index (Phi) is 10.4. The summed E-state index contributed by atoms with van der Waals surface area (Å²) in [5, 5.41) is 9.33. The number of aryl methyl sites for hydroxylation is 2. The number of halogens is 7. The smallest absolute Gasteiger partial charge is 0.419 e. The standard InChI is InChI=1S/C22H23ClF6NO4P/c23-18-11-16(21(24,25)26)5-4-15(18)2-1-9-33-19-6-3-14(10-17(19)22(27,28)29)7-8-20(30,12-31)13-34-35-32/h3-6,10-11,31H,1-2,7-9,12-13,30H2. The Bertz CT molecular complexity index is 1000. The molecule has 0 saturated carbocycles. The van der Waals surface area contributed by atoms with Gasteiger partial charge in [0.15, 0.2) is 0 Å². The molecule has 0 aliphatic heterocycles. The van der Waals surface area contributed by atoms with Crippen molar-refractivity contribution in [3.05, 3.63) is 63.7 Å². The molecule has 1 unspecified atom stereocenters. The summed E-state index contributed by atoms with van der Waals surface area (Å²) in [6, 6.07) is 6.45. The molecular weight excluding hydrogens is 523 g/mol. The second kappa shape index (κ2) is 12.4. The lowest BCUT2D eigenvalue weighted by molar-refractivity contribution is -0.139. The van der Waals surface area contributed by atoms with Crippen LogP contribution in [0.4, 0.5) is 26.3 Å². The third-order valence-corrected chi connectivity index (χ3v) is 5.80. The van der Waals surface area contributed by atoms with Crippen LogP contribution in [-0.4, -0.2) is 30.5 Å². The fraction of sp³-hybridized carbons (Fsp3) is 0.455. The highest BCUT2D eigenvalue weighted by molar-refractivity contribution is 7.17. The fourth-order valence-electron chi connectivity index (χ4n) is 3.20. The molecule has 0 bridgehead atoms. The summed E-state index contributed by atoms with van der Waals surface area (Å²) in [5.74, 6) is -0.394. The molecule has 0 saturated heterocycles. The van der Waals surface area contributed by atoms with Gasteiger partial charge in [-0.1, -0.05) is 23.7 Å². The summed E-state index contributed by atoms with van der Waals surface area (Å²) in [5.41, 5.74) is 3.48. The summed E-state index contributed by atoms with van der Waals surface area (Å²) in [7, 11) is -0.627. The van der Waals surface area contributed by atoms with E-state index < -0.39 is 50.1 Å². The molecule has 0 fully saturated rings. The van der Waals surface area contributed by atoms with Crippen LogP contribution in [0.15, 0.2) is 36.4 Å². The highest BCUT2D eigenvalue weighted by Gasteiger charge is 2.35. The minimum atomic E-state index is -4.70. The first kappa shape index (κ1) is 29.3. The number of alkyl halides is 6. The number of hydrogen-bond donors (Lipinski definition) is 2. The molecule has 2 rings (SSSR count). The lowest BCUT2D eigenvalue weighted by Crippen LogP contribution is -2.47. The van der Waals surface area contributed by atoms with Crippen LogP contribution >= 0.6 is 20.3 Å². The molecule has 1 atom stereocenters. The zero-order chi connectivity index (χ0) is 26.3. The minimum absolute atomic E-state index is 0.0738. The van der Waals surface area contributed by atoms with Crippen molar-refractivity contribution in [2.45, 2.75) is 43.6 Å². The van der Waals surface area contributed by atoms with Gasteiger partial charge in [0, 0.05) is 5.02 Å². The van der Waals surface area contributed by atoms with Crippen molar-refractivity contribution in [1.82, 2.24) is 0 Å². The first-order chi connectivity index (χ1) is 16.3. The van der Waals surface area contributed by atoms with Crippen molar-refractivity contribution in [3.63, 3.8) is 0 Å². The zero-order valence-corrected chi connectivity index (χ0v) is 19.9. The molecule has 0 radical (unpaired) electrons. The number of rotatable bonds is 12. The Hall–Kier alpha value is -1.91. The Balaban J connectivity index is 2.02. The molecule has 5 nitrogen and oxygen atoms in total. The fourth-order valence-corrected chi connectivity index (χ4v) is 3.78. The van der Waals surface area contributed by atoms with E-state index in [9.17, 15) is 36.0 Å². The van der Waals surface area contributed by atoms with Crippen LogP contribution in [0.5, 0.6) is 5.75 Å². The topological polar surface area (TPSA) is 81.8 Å². The molecule has 0 spiro atoms. The highest BCUT2D eigenvalue weighted by atomic mass is 35.5. The summed E-state index contributed by atoms with van der Waals surface area (Å²) < 4.78 is 99.4. The van der Waals surface area contributed by atoms with E-state index in [2.05, 4.69) is 4.52 Å². The average molecular weight is 546 g/mol. The predicted octanol–water partition coefficient (Wildman–Crippen LogP) is 6.23. The van der Waals surface area contributed by atoms with Gasteiger partial charge >= 0.3 is 21.0 Å². The molecule has 3 N–H and O–H groups in total. The van der Waals surface area contributed by atoms with Crippen LogP contribution in [0.25, 0.3) is 0 Å². The van der Waals surface area contributed by atoms with Gasteiger partial charge in [-0.25, -0.2) is 4.57 Å². The normalized spacial score (nSPS) is 14.2. The maximum atomic E-state index is 13.6. The van der Waals surface area contributed by atoms with Gasteiger partial charge in [-0.05, 0) is 61.1 Å². The zero-order valence-electron chi connectivity index (χ0n) is 18.3. The molecule has 2 aromatic carbocycles. The molecule has 0 aliphatic carbocycles. The number of hydrogen-bond acceptors (Lipinski definition) is 5. The van der Waals surface area contributed by atoms with Crippen LogP contribution in [0.3, 0.4) is 0 Å². The number of aliphatic hydroxyl groups excluding tert-OH is 1. The van der Waals surface area contributed by atoms with Gasteiger partial charge < -0.3 is 15.6 Å². The van der Waals surface area contributed by atoms with E-state index in [1.165, 1.54) is 18.2 Å². The monoisotopic (exact) mass is 545 g/mol. The summed E-state index contributed by atoms with van der Waals surface area (Å²) in [6.07, 6.45) is -8.64. The lowest BCUT2D eigenvalue weighted by Gasteiger charge is -2.25. The Morgan fingerprint density at radius 1 is 1.00 bits per heavy atom. The van der Waals surface area contributed by atoms with Crippen molar-refractivity contribution >= 4 is 20.3 Å². The maximum Gasteiger partial charge on any atom is 0.419 e. The quantitative estimate of drug-likeness (QED) is 0.188. The van der Waals surface area contributed by atoms with Crippen molar-refractivity contribution in [2.75, 3.05) is 19.8 Å². The van der Waals surface area contributed by atoms with E-state index in [0.29, 0.717) is 11.1 Å². The van der Waals surface area contributed by atoms with Crippen LogP contribution in [0.2, 0.25) is 5.02 Å². The Labute approximate surface area is 204 Å². The van der Waals surface area contributed by atoms with Crippen LogP contribution in [0, 0.1) is 0 Å². The molecule has 0 aromatic heterocycles. The largest absolute Gasteiger partial charge is 0.493 e. The van der Waals surface area contributed by atoms with Gasteiger partial charge in [0.1, 0.15) is 5.75 Å². The van der Waals surface area contributed by atoms with E-state index >= 15 is 0 Å². The van der Waals surface area contributed by atoms with Crippen molar-refractivity contribution < 1.29 is 45.3 Å². The summed E-state index contributed by atoms with van der Waals surface area (Å²) in [6.45, 7) is -0.883. The molecular formula is C22H23ClF6NO4P. The molecule has 0 amide bonds. The number of ether oxygens (including phenoxy) is 1. The SMILES string of the molecule is NC(CO)(CCc1ccc(OCCCc2ccc(C(F)(F)F)cc2Cl)c(C(F)(F)F)c1)COP=O.